The summed E-state index contributed by atoms with van der Waals surface area (Å²) in [6.45, 7) is 3.25. The smallest absolute Gasteiger partial charge is 0.220 e. The van der Waals surface area contributed by atoms with Crippen LogP contribution >= 0.6 is 12.4 Å². The van der Waals surface area contributed by atoms with Gasteiger partial charge < -0.3 is 15.4 Å². The van der Waals surface area contributed by atoms with E-state index in [1.54, 1.807) is 0 Å². The topological polar surface area (TPSA) is 96.5 Å². The number of ether oxygens (including phenoxy) is 1. The Labute approximate surface area is 157 Å². The normalized spacial score (nSPS) is 22.2. The maximum Gasteiger partial charge on any atom is 0.220 e. The van der Waals surface area contributed by atoms with Crippen molar-refractivity contribution < 1.29 is 17.9 Å². The first-order valence-corrected chi connectivity index (χ1v) is 10.8. The highest BCUT2D eigenvalue weighted by Gasteiger charge is 2.18. The molecule has 2 rings (SSSR count). The molecule has 1 unspecified atom stereocenters. The molecule has 9 heteroatoms. The van der Waals surface area contributed by atoms with Gasteiger partial charge in [-0.25, -0.2) is 13.1 Å². The van der Waals surface area contributed by atoms with E-state index in [1.807, 2.05) is 0 Å². The van der Waals surface area contributed by atoms with E-state index in [0.717, 1.165) is 51.6 Å². The van der Waals surface area contributed by atoms with Crippen molar-refractivity contribution in [3.8, 4) is 0 Å². The number of nitrogens with one attached hydrogen (secondary N) is 3. The van der Waals surface area contributed by atoms with Gasteiger partial charge in [-0.2, -0.15) is 0 Å². The van der Waals surface area contributed by atoms with E-state index in [1.165, 1.54) is 0 Å². The molecule has 2 fully saturated rings. The third-order valence-corrected chi connectivity index (χ3v) is 6.08. The van der Waals surface area contributed by atoms with Crippen LogP contribution in [0.3, 0.4) is 0 Å². The highest BCUT2D eigenvalue weighted by molar-refractivity contribution is 7.89. The van der Waals surface area contributed by atoms with Crippen molar-refractivity contribution in [3.05, 3.63) is 0 Å². The van der Waals surface area contributed by atoms with Crippen LogP contribution in [0.25, 0.3) is 0 Å². The van der Waals surface area contributed by atoms with Gasteiger partial charge in [-0.3, -0.25) is 4.79 Å². The largest absolute Gasteiger partial charge is 0.377 e. The Hall–Kier alpha value is -0.410. The average molecular weight is 398 g/mol. The van der Waals surface area contributed by atoms with Crippen LogP contribution in [-0.2, 0) is 19.6 Å². The Morgan fingerprint density at radius 1 is 1.16 bits per heavy atom. The second-order valence-electron chi connectivity index (χ2n) is 6.74. The number of hydrogen-bond donors (Lipinski definition) is 3. The van der Waals surface area contributed by atoms with E-state index in [-0.39, 0.29) is 36.7 Å². The van der Waals surface area contributed by atoms with Gasteiger partial charge in [0.1, 0.15) is 0 Å². The molecule has 2 aliphatic heterocycles. The van der Waals surface area contributed by atoms with Crippen LogP contribution in [0, 0.1) is 5.92 Å². The molecule has 1 atom stereocenters. The molecule has 0 aromatic carbocycles. The number of carbonyl (C=O) groups excluding carboxylic acids is 1. The molecule has 0 aromatic rings. The fourth-order valence-electron chi connectivity index (χ4n) is 3.18. The van der Waals surface area contributed by atoms with E-state index in [9.17, 15) is 13.2 Å². The molecular formula is C16H32ClN3O4S. The number of sulfonamides is 1. The third-order valence-electron chi connectivity index (χ3n) is 4.74. The first-order valence-electron chi connectivity index (χ1n) is 9.11. The number of hydrogen-bond acceptors (Lipinski definition) is 5. The van der Waals surface area contributed by atoms with E-state index in [0.29, 0.717) is 25.5 Å². The molecule has 0 bridgehead atoms. The molecule has 2 saturated heterocycles. The molecule has 7 nitrogen and oxygen atoms in total. The lowest BCUT2D eigenvalue weighted by atomic mass is 9.93. The van der Waals surface area contributed by atoms with E-state index in [2.05, 4.69) is 15.4 Å². The minimum atomic E-state index is -3.37. The minimum Gasteiger partial charge on any atom is -0.377 e. The standard InChI is InChI=1S/C16H31N3O4S.ClH/c20-16(5-4-14-6-8-17-9-7-14)18-10-12-24(21,22)19-13-15-3-1-2-11-23-15;/h14-15,17,19H,1-13H2,(H,18,20);1H. The monoisotopic (exact) mass is 397 g/mol. The molecule has 3 N–H and O–H groups in total. The Balaban J connectivity index is 0.00000312. The van der Waals surface area contributed by atoms with Gasteiger partial charge in [-0.05, 0) is 57.5 Å². The van der Waals surface area contributed by atoms with Crippen molar-refractivity contribution in [2.45, 2.75) is 51.0 Å². The van der Waals surface area contributed by atoms with Crippen LogP contribution in [-0.4, -0.2) is 59.0 Å². The highest BCUT2D eigenvalue weighted by Crippen LogP contribution is 2.17. The molecule has 1 amide bonds. The molecule has 0 radical (unpaired) electrons. The molecule has 0 aromatic heterocycles. The summed E-state index contributed by atoms with van der Waals surface area (Å²) >= 11 is 0. The molecule has 2 heterocycles. The molecule has 0 aliphatic carbocycles. The zero-order valence-corrected chi connectivity index (χ0v) is 16.4. The highest BCUT2D eigenvalue weighted by atomic mass is 35.5. The third kappa shape index (κ3) is 9.75. The zero-order chi connectivity index (χ0) is 17.3. The summed E-state index contributed by atoms with van der Waals surface area (Å²) in [7, 11) is -3.37. The summed E-state index contributed by atoms with van der Waals surface area (Å²) in [4.78, 5) is 11.8. The number of rotatable bonds is 9. The second-order valence-corrected chi connectivity index (χ2v) is 8.66. The van der Waals surface area contributed by atoms with Gasteiger partial charge in [-0.1, -0.05) is 0 Å². The Kier molecular flexibility index (Phi) is 10.9. The summed E-state index contributed by atoms with van der Waals surface area (Å²) in [5, 5.41) is 6.02. The Bertz CT molecular complexity index is 478. The van der Waals surface area contributed by atoms with Crippen molar-refractivity contribution >= 4 is 28.3 Å². The van der Waals surface area contributed by atoms with Gasteiger partial charge in [0, 0.05) is 26.1 Å². The molecule has 25 heavy (non-hydrogen) atoms. The SMILES string of the molecule is Cl.O=C(CCC1CCNCC1)NCCS(=O)(=O)NCC1CCCCO1. The number of amides is 1. The van der Waals surface area contributed by atoms with Crippen molar-refractivity contribution in [1.82, 2.24) is 15.4 Å². The molecular weight excluding hydrogens is 366 g/mol. The van der Waals surface area contributed by atoms with Crippen molar-refractivity contribution in [3.63, 3.8) is 0 Å². The van der Waals surface area contributed by atoms with Gasteiger partial charge in [0.2, 0.25) is 15.9 Å². The van der Waals surface area contributed by atoms with Crippen LogP contribution in [0.2, 0.25) is 0 Å². The summed E-state index contributed by atoms with van der Waals surface area (Å²) in [6, 6.07) is 0. The maximum atomic E-state index is 11.9. The van der Waals surface area contributed by atoms with Crippen molar-refractivity contribution in [1.29, 1.82) is 0 Å². The Morgan fingerprint density at radius 2 is 1.92 bits per heavy atom. The lowest BCUT2D eigenvalue weighted by Gasteiger charge is -2.22. The van der Waals surface area contributed by atoms with Crippen LogP contribution in [0.1, 0.15) is 44.9 Å². The van der Waals surface area contributed by atoms with Gasteiger partial charge in [0.05, 0.1) is 11.9 Å². The molecule has 0 saturated carbocycles. The predicted octanol–water partition coefficient (Wildman–Crippen LogP) is 0.793. The summed E-state index contributed by atoms with van der Waals surface area (Å²) in [6.07, 6.45) is 6.62. The number of piperidine rings is 1. The van der Waals surface area contributed by atoms with Crippen molar-refractivity contribution in [2.24, 2.45) is 5.92 Å². The summed E-state index contributed by atoms with van der Waals surface area (Å²) < 4.78 is 31.9. The van der Waals surface area contributed by atoms with Crippen molar-refractivity contribution in [2.75, 3.05) is 38.5 Å². The quantitative estimate of drug-likeness (QED) is 0.534. The van der Waals surface area contributed by atoms with Crippen LogP contribution in [0.15, 0.2) is 0 Å². The van der Waals surface area contributed by atoms with Gasteiger partial charge in [-0.15, -0.1) is 12.4 Å². The fraction of sp³-hybridized carbons (Fsp3) is 0.938. The summed E-state index contributed by atoms with van der Waals surface area (Å²) in [5.41, 5.74) is 0. The second kappa shape index (κ2) is 12.1. The van der Waals surface area contributed by atoms with Gasteiger partial charge in [0.25, 0.3) is 0 Å². The lowest BCUT2D eigenvalue weighted by Crippen LogP contribution is -2.39. The fourth-order valence-corrected chi connectivity index (χ4v) is 4.13. The number of halogens is 1. The maximum absolute atomic E-state index is 11.9. The van der Waals surface area contributed by atoms with E-state index in [4.69, 9.17) is 4.74 Å². The Morgan fingerprint density at radius 3 is 2.60 bits per heavy atom. The van der Waals surface area contributed by atoms with Crippen LogP contribution in [0.4, 0.5) is 0 Å². The van der Waals surface area contributed by atoms with Gasteiger partial charge >= 0.3 is 0 Å². The van der Waals surface area contributed by atoms with Crippen LogP contribution in [0.5, 0.6) is 0 Å². The van der Waals surface area contributed by atoms with Gasteiger partial charge in [0.15, 0.2) is 0 Å². The summed E-state index contributed by atoms with van der Waals surface area (Å²) in [5.74, 6) is 0.468. The first-order chi connectivity index (χ1) is 11.6. The average Bonchev–Trinajstić information content (AvgIpc) is 2.60. The first kappa shape index (κ1) is 22.6. The van der Waals surface area contributed by atoms with E-state index < -0.39 is 10.0 Å². The minimum absolute atomic E-state index is 0. The van der Waals surface area contributed by atoms with E-state index >= 15 is 0 Å². The number of carbonyl (C=O) groups is 1. The molecule has 0 spiro atoms. The lowest BCUT2D eigenvalue weighted by molar-refractivity contribution is -0.121. The molecule has 148 valence electrons. The predicted molar refractivity (Wildman–Crippen MR) is 100 cm³/mol. The molecule has 2 aliphatic rings. The van der Waals surface area contributed by atoms with Crippen LogP contribution < -0.4 is 15.4 Å². The zero-order valence-electron chi connectivity index (χ0n) is 14.8.